The Bertz CT molecular complexity index is 1080. The van der Waals surface area contributed by atoms with E-state index in [-0.39, 0.29) is 25.2 Å². The molecule has 4 atom stereocenters. The van der Waals surface area contributed by atoms with Crippen molar-refractivity contribution in [1.29, 1.82) is 0 Å². The Morgan fingerprint density at radius 3 is 2.59 bits per heavy atom. The van der Waals surface area contributed by atoms with Gasteiger partial charge in [0.05, 0.1) is 18.9 Å². The number of fused-ring (bicyclic) bond motifs is 4. The fourth-order valence-corrected chi connectivity index (χ4v) is 5.27. The number of methoxy groups -OCH3 is 1. The van der Waals surface area contributed by atoms with Gasteiger partial charge >= 0.3 is 6.09 Å². The molecule has 0 aromatic heterocycles. The summed E-state index contributed by atoms with van der Waals surface area (Å²) in [4.78, 5) is 27.2. The summed E-state index contributed by atoms with van der Waals surface area (Å²) >= 11 is 0. The molecule has 0 radical (unpaired) electrons. The lowest BCUT2D eigenvalue weighted by molar-refractivity contribution is -0.121. The summed E-state index contributed by atoms with van der Waals surface area (Å²) in [5.41, 5.74) is 1.67. The highest BCUT2D eigenvalue weighted by molar-refractivity contribution is 5.94. The van der Waals surface area contributed by atoms with E-state index in [0.717, 1.165) is 28.1 Å². The maximum Gasteiger partial charge on any atom is 0.409 e. The first-order valence-corrected chi connectivity index (χ1v) is 12.9. The van der Waals surface area contributed by atoms with Crippen LogP contribution in [0.5, 0.6) is 5.75 Å². The zero-order chi connectivity index (χ0) is 27.5. The van der Waals surface area contributed by atoms with Crippen LogP contribution in [0.3, 0.4) is 0 Å². The van der Waals surface area contributed by atoms with Gasteiger partial charge in [0, 0.05) is 37.8 Å². The Morgan fingerprint density at radius 1 is 1.22 bits per heavy atom. The summed E-state index contributed by atoms with van der Waals surface area (Å²) in [6.45, 7) is 9.59. The standard InChI is InChI=1S/C29H42N2O6/c1-18-10-8-9-12-29(35)17-24(37-27(34)30-29)20(3)26(33)28(4,5)13-11-25(32)31(6)22-15-21(14-18)16-23(36-7)19(22)2/h8-10,15-16,20,24,26,33,35H,11-14,17H2,1-7H3,(H,30,34)/b9-8+,18-10+/t20-,24+,26+,29-/m1/s1. The summed E-state index contributed by atoms with van der Waals surface area (Å²) < 4.78 is 11.1. The third-order valence-electron chi connectivity index (χ3n) is 7.80. The van der Waals surface area contributed by atoms with E-state index in [0.29, 0.717) is 12.8 Å². The smallest absolute Gasteiger partial charge is 0.409 e. The number of nitrogens with one attached hydrogen (secondary N) is 1. The van der Waals surface area contributed by atoms with Crippen LogP contribution in [0.15, 0.2) is 35.9 Å². The van der Waals surface area contributed by atoms with Gasteiger partial charge in [-0.2, -0.15) is 0 Å². The minimum atomic E-state index is -1.48. The topological polar surface area (TPSA) is 108 Å². The highest BCUT2D eigenvalue weighted by atomic mass is 16.6. The predicted molar refractivity (Wildman–Crippen MR) is 144 cm³/mol. The number of rotatable bonds is 1. The zero-order valence-corrected chi connectivity index (χ0v) is 23.1. The van der Waals surface area contributed by atoms with Crippen LogP contribution in [0.4, 0.5) is 10.5 Å². The van der Waals surface area contributed by atoms with Gasteiger partial charge in [-0.05, 0) is 49.8 Å². The van der Waals surface area contributed by atoms with Crippen LogP contribution < -0.4 is 15.0 Å². The fourth-order valence-electron chi connectivity index (χ4n) is 5.27. The lowest BCUT2D eigenvalue weighted by atomic mass is 9.74. The highest BCUT2D eigenvalue weighted by Gasteiger charge is 2.45. The first-order valence-electron chi connectivity index (χ1n) is 12.9. The Labute approximate surface area is 220 Å². The summed E-state index contributed by atoms with van der Waals surface area (Å²) in [7, 11) is 3.39. The number of carbonyl (C=O) groups excluding carboxylic acids is 2. The number of aliphatic hydroxyl groups is 2. The van der Waals surface area contributed by atoms with E-state index in [4.69, 9.17) is 9.47 Å². The van der Waals surface area contributed by atoms with E-state index in [1.165, 1.54) is 0 Å². The molecule has 0 unspecified atom stereocenters. The van der Waals surface area contributed by atoms with Crippen LogP contribution in [0.1, 0.15) is 64.5 Å². The first-order chi connectivity index (χ1) is 17.3. The molecule has 8 heteroatoms. The summed E-state index contributed by atoms with van der Waals surface area (Å²) in [6.07, 6.45) is 5.08. The van der Waals surface area contributed by atoms with Gasteiger partial charge in [-0.1, -0.05) is 44.6 Å². The van der Waals surface area contributed by atoms with E-state index in [1.807, 2.05) is 65.0 Å². The lowest BCUT2D eigenvalue weighted by Crippen LogP contribution is -2.58. The average molecular weight is 515 g/mol. The molecule has 3 N–H and O–H groups in total. The number of benzene rings is 1. The van der Waals surface area contributed by atoms with Gasteiger partial charge in [0.1, 0.15) is 17.6 Å². The molecule has 1 fully saturated rings. The molecular weight excluding hydrogens is 472 g/mol. The van der Waals surface area contributed by atoms with Crippen molar-refractivity contribution in [2.24, 2.45) is 11.3 Å². The molecule has 3 rings (SSSR count). The molecule has 2 aliphatic rings. The molecule has 2 heterocycles. The maximum absolute atomic E-state index is 13.3. The molecule has 1 saturated heterocycles. The van der Waals surface area contributed by atoms with Gasteiger partial charge in [0.2, 0.25) is 5.91 Å². The molecule has 1 aromatic carbocycles. The third kappa shape index (κ3) is 6.73. The van der Waals surface area contributed by atoms with Crippen molar-refractivity contribution >= 4 is 17.7 Å². The zero-order valence-electron chi connectivity index (χ0n) is 23.1. The lowest BCUT2D eigenvalue weighted by Gasteiger charge is -2.43. The molecule has 37 heavy (non-hydrogen) atoms. The number of hydrogen-bond acceptors (Lipinski definition) is 6. The number of allylic oxidation sites excluding steroid dienone is 3. The molecule has 0 aliphatic carbocycles. The number of alkyl carbamates (subject to hydrolysis) is 1. The molecule has 0 spiro atoms. The minimum absolute atomic E-state index is 0.0639. The van der Waals surface area contributed by atoms with Crippen LogP contribution in [-0.4, -0.2) is 54.3 Å². The summed E-state index contributed by atoms with van der Waals surface area (Å²) in [5, 5.41) is 24.9. The molecule has 204 valence electrons. The van der Waals surface area contributed by atoms with Crippen molar-refractivity contribution in [2.75, 3.05) is 19.1 Å². The number of amides is 2. The number of hydrogen-bond donors (Lipinski definition) is 3. The Morgan fingerprint density at radius 2 is 1.92 bits per heavy atom. The number of anilines is 1. The quantitative estimate of drug-likeness (QED) is 0.513. The van der Waals surface area contributed by atoms with E-state index in [2.05, 4.69) is 5.32 Å². The van der Waals surface area contributed by atoms with Crippen LogP contribution in [0.25, 0.3) is 0 Å². The van der Waals surface area contributed by atoms with Crippen molar-refractivity contribution in [3.63, 3.8) is 0 Å². The van der Waals surface area contributed by atoms with E-state index >= 15 is 0 Å². The van der Waals surface area contributed by atoms with Crippen molar-refractivity contribution in [3.8, 4) is 5.75 Å². The van der Waals surface area contributed by atoms with Gasteiger partial charge < -0.3 is 24.6 Å². The predicted octanol–water partition coefficient (Wildman–Crippen LogP) is 4.41. The van der Waals surface area contributed by atoms with Crippen molar-refractivity contribution in [1.82, 2.24) is 5.32 Å². The van der Waals surface area contributed by atoms with Crippen molar-refractivity contribution in [2.45, 2.75) is 84.7 Å². The molecule has 1 aromatic rings. The normalized spacial score (nSPS) is 31.5. The second kappa shape index (κ2) is 11.3. The number of carbonyl (C=O) groups is 2. The number of nitrogens with zero attached hydrogens (tertiary/aromatic N) is 1. The minimum Gasteiger partial charge on any atom is -0.496 e. The van der Waals surface area contributed by atoms with Crippen LogP contribution in [-0.2, 0) is 16.0 Å². The van der Waals surface area contributed by atoms with Gasteiger partial charge in [0.15, 0.2) is 0 Å². The molecule has 0 saturated carbocycles. The first kappa shape index (κ1) is 28.7. The van der Waals surface area contributed by atoms with E-state index in [9.17, 15) is 19.8 Å². The second-order valence-electron chi connectivity index (χ2n) is 11.3. The SMILES string of the molecule is COc1cc2cc(c1C)N(C)C(=O)CCC(C)(C)[C@@H](O)[C@H](C)[C@@H]1C[C@](O)(C/C=C/C=C(\C)C2)NC(=O)O1. The van der Waals surface area contributed by atoms with E-state index in [1.54, 1.807) is 19.1 Å². The van der Waals surface area contributed by atoms with Crippen LogP contribution >= 0.6 is 0 Å². The molecule has 8 nitrogen and oxygen atoms in total. The number of aliphatic hydroxyl groups excluding tert-OH is 1. The molecule has 2 amide bonds. The van der Waals surface area contributed by atoms with Crippen LogP contribution in [0.2, 0.25) is 0 Å². The molecule has 2 aliphatic heterocycles. The Balaban J connectivity index is 2.01. The average Bonchev–Trinajstić information content (AvgIpc) is 2.83. The van der Waals surface area contributed by atoms with Gasteiger partial charge in [-0.15, -0.1) is 0 Å². The summed E-state index contributed by atoms with van der Waals surface area (Å²) in [5.74, 6) is 0.207. The van der Waals surface area contributed by atoms with Crippen LogP contribution in [0, 0.1) is 18.3 Å². The largest absolute Gasteiger partial charge is 0.496 e. The molecule has 4 bridgehead atoms. The monoisotopic (exact) mass is 514 g/mol. The van der Waals surface area contributed by atoms with Crippen molar-refractivity contribution < 1.29 is 29.3 Å². The Kier molecular flexibility index (Phi) is 8.75. The summed E-state index contributed by atoms with van der Waals surface area (Å²) in [6, 6.07) is 4.01. The van der Waals surface area contributed by atoms with E-state index < -0.39 is 35.4 Å². The van der Waals surface area contributed by atoms with Gasteiger partial charge in [-0.3, -0.25) is 10.1 Å². The molecular formula is C29H42N2O6. The fraction of sp³-hybridized carbons (Fsp3) is 0.586. The van der Waals surface area contributed by atoms with Gasteiger partial charge in [0.25, 0.3) is 0 Å². The second-order valence-corrected chi connectivity index (χ2v) is 11.3. The third-order valence-corrected chi connectivity index (χ3v) is 7.80. The maximum atomic E-state index is 13.3. The number of ether oxygens (including phenoxy) is 2. The van der Waals surface area contributed by atoms with Crippen molar-refractivity contribution in [3.05, 3.63) is 47.1 Å². The Hall–Kier alpha value is -2.84. The highest BCUT2D eigenvalue weighted by Crippen LogP contribution is 2.37. The van der Waals surface area contributed by atoms with Gasteiger partial charge in [-0.25, -0.2) is 4.79 Å².